The minimum absolute atomic E-state index is 0.306. The van der Waals surface area contributed by atoms with Crippen molar-refractivity contribution in [1.82, 2.24) is 4.98 Å². The monoisotopic (exact) mass is 171 g/mol. The molecule has 1 unspecified atom stereocenters. The first-order valence-corrected chi connectivity index (χ1v) is 4.62. The van der Waals surface area contributed by atoms with Crippen molar-refractivity contribution in [2.24, 2.45) is 5.14 Å². The van der Waals surface area contributed by atoms with Crippen molar-refractivity contribution in [2.45, 2.75) is 11.8 Å². The van der Waals surface area contributed by atoms with Gasteiger partial charge in [-0.15, -0.1) is 0 Å². The number of pyridine rings is 1. The first kappa shape index (κ1) is 8.16. The SMILES string of the molecule is Cc1ncccc1S(=N)(N)=O. The van der Waals surface area contributed by atoms with E-state index in [1.54, 1.807) is 25.3 Å². The van der Waals surface area contributed by atoms with E-state index in [9.17, 15) is 4.21 Å². The smallest absolute Gasteiger partial charge is 0.133 e. The molecule has 0 aliphatic carbocycles. The fourth-order valence-electron chi connectivity index (χ4n) is 0.790. The van der Waals surface area contributed by atoms with Gasteiger partial charge in [-0.05, 0) is 19.1 Å². The Morgan fingerprint density at radius 2 is 2.36 bits per heavy atom. The van der Waals surface area contributed by atoms with Crippen LogP contribution in [0.15, 0.2) is 23.2 Å². The lowest BCUT2D eigenvalue weighted by Crippen LogP contribution is -2.12. The number of hydrogen-bond acceptors (Lipinski definition) is 3. The number of nitrogens with one attached hydrogen (secondary N) is 1. The summed E-state index contributed by atoms with van der Waals surface area (Å²) in [6.07, 6.45) is 1.57. The number of nitrogens with zero attached hydrogens (tertiary/aromatic N) is 1. The summed E-state index contributed by atoms with van der Waals surface area (Å²) in [4.78, 5) is 4.17. The Labute approximate surface area is 65.6 Å². The topological polar surface area (TPSA) is 79.8 Å². The van der Waals surface area contributed by atoms with Crippen LogP contribution in [0.5, 0.6) is 0 Å². The van der Waals surface area contributed by atoms with Gasteiger partial charge in [0, 0.05) is 6.20 Å². The maximum atomic E-state index is 11.0. The van der Waals surface area contributed by atoms with Gasteiger partial charge in [-0.3, -0.25) is 4.98 Å². The normalized spacial score (nSPS) is 15.8. The zero-order valence-corrected chi connectivity index (χ0v) is 6.89. The third-order valence-corrected chi connectivity index (χ3v) is 2.37. The highest BCUT2D eigenvalue weighted by molar-refractivity contribution is 7.90. The molecule has 1 heterocycles. The predicted octanol–water partition coefficient (Wildman–Crippen LogP) is 0.669. The Kier molecular flexibility index (Phi) is 1.92. The van der Waals surface area contributed by atoms with Crippen LogP contribution >= 0.6 is 0 Å². The van der Waals surface area contributed by atoms with Crippen LogP contribution in [0.3, 0.4) is 0 Å². The van der Waals surface area contributed by atoms with Gasteiger partial charge in [-0.1, -0.05) is 0 Å². The molecule has 0 saturated heterocycles. The van der Waals surface area contributed by atoms with Gasteiger partial charge in [0.15, 0.2) is 0 Å². The lowest BCUT2D eigenvalue weighted by atomic mass is 10.4. The number of aryl methyl sites for hydroxylation is 1. The molecule has 0 aromatic carbocycles. The van der Waals surface area contributed by atoms with E-state index in [1.807, 2.05) is 0 Å². The zero-order chi connectivity index (χ0) is 8.48. The molecule has 0 bridgehead atoms. The van der Waals surface area contributed by atoms with Crippen molar-refractivity contribution in [3.8, 4) is 0 Å². The van der Waals surface area contributed by atoms with Crippen LogP contribution in [0.2, 0.25) is 0 Å². The van der Waals surface area contributed by atoms with E-state index >= 15 is 0 Å². The Hall–Kier alpha value is -0.940. The first-order chi connectivity index (χ1) is 5.02. The average Bonchev–Trinajstić information content (AvgIpc) is 1.86. The largest absolute Gasteiger partial charge is 0.260 e. The highest BCUT2D eigenvalue weighted by Crippen LogP contribution is 2.08. The molecule has 60 valence electrons. The predicted molar refractivity (Wildman–Crippen MR) is 42.3 cm³/mol. The van der Waals surface area contributed by atoms with Crippen molar-refractivity contribution < 1.29 is 4.21 Å². The third-order valence-electron chi connectivity index (χ3n) is 1.29. The third kappa shape index (κ3) is 1.75. The molecule has 3 N–H and O–H groups in total. The highest BCUT2D eigenvalue weighted by atomic mass is 32.2. The van der Waals surface area contributed by atoms with Crippen molar-refractivity contribution in [1.29, 1.82) is 4.78 Å². The van der Waals surface area contributed by atoms with Gasteiger partial charge >= 0.3 is 0 Å². The minimum atomic E-state index is -3.10. The zero-order valence-electron chi connectivity index (χ0n) is 6.07. The molecule has 1 atom stereocenters. The van der Waals surface area contributed by atoms with Crippen molar-refractivity contribution in [3.05, 3.63) is 24.0 Å². The van der Waals surface area contributed by atoms with E-state index in [2.05, 4.69) is 4.98 Å². The number of hydrogen-bond donors (Lipinski definition) is 2. The van der Waals surface area contributed by atoms with Crippen LogP contribution < -0.4 is 5.14 Å². The van der Waals surface area contributed by atoms with Crippen LogP contribution in [0.1, 0.15) is 5.69 Å². The molecule has 4 nitrogen and oxygen atoms in total. The molecule has 0 fully saturated rings. The Bertz CT molecular complexity index is 358. The Morgan fingerprint density at radius 1 is 1.73 bits per heavy atom. The maximum Gasteiger partial charge on any atom is 0.133 e. The van der Waals surface area contributed by atoms with Crippen molar-refractivity contribution in [3.63, 3.8) is 0 Å². The van der Waals surface area contributed by atoms with Crippen molar-refractivity contribution >= 4 is 9.92 Å². The molecular weight excluding hydrogens is 162 g/mol. The van der Waals surface area contributed by atoms with Gasteiger partial charge in [0.2, 0.25) is 0 Å². The second kappa shape index (κ2) is 2.60. The molecule has 0 spiro atoms. The highest BCUT2D eigenvalue weighted by Gasteiger charge is 2.06. The Morgan fingerprint density at radius 3 is 2.73 bits per heavy atom. The molecule has 0 radical (unpaired) electrons. The minimum Gasteiger partial charge on any atom is -0.260 e. The molecular formula is C6H9N3OS. The quantitative estimate of drug-likeness (QED) is 0.651. The van der Waals surface area contributed by atoms with Crippen LogP contribution in [0.25, 0.3) is 0 Å². The molecule has 0 aliphatic rings. The molecule has 11 heavy (non-hydrogen) atoms. The lowest BCUT2D eigenvalue weighted by molar-refractivity contribution is 0.675. The summed E-state index contributed by atoms with van der Waals surface area (Å²) in [7, 11) is -3.10. The fourth-order valence-corrected chi connectivity index (χ4v) is 1.56. The molecule has 1 rings (SSSR count). The molecule has 0 saturated carbocycles. The molecule has 0 aliphatic heterocycles. The first-order valence-electron chi connectivity index (χ1n) is 3.00. The summed E-state index contributed by atoms with van der Waals surface area (Å²) in [5, 5.41) is 5.11. The van der Waals surface area contributed by atoms with Crippen LogP contribution in [-0.4, -0.2) is 9.19 Å². The number of rotatable bonds is 1. The van der Waals surface area contributed by atoms with E-state index < -0.39 is 9.92 Å². The number of nitrogens with two attached hydrogens (primary N) is 1. The van der Waals surface area contributed by atoms with Gasteiger partial charge in [0.25, 0.3) is 0 Å². The van der Waals surface area contributed by atoms with E-state index in [4.69, 9.17) is 9.92 Å². The molecule has 5 heteroatoms. The van der Waals surface area contributed by atoms with Crippen LogP contribution in [0.4, 0.5) is 0 Å². The Balaban J connectivity index is 3.37. The van der Waals surface area contributed by atoms with E-state index in [1.165, 1.54) is 0 Å². The summed E-state index contributed by atoms with van der Waals surface area (Å²) < 4.78 is 18.1. The summed E-state index contributed by atoms with van der Waals surface area (Å²) >= 11 is 0. The molecule has 1 aromatic rings. The molecule has 0 amide bonds. The second-order valence-electron chi connectivity index (χ2n) is 2.19. The van der Waals surface area contributed by atoms with Gasteiger partial charge in [-0.2, -0.15) is 0 Å². The summed E-state index contributed by atoms with van der Waals surface area (Å²) in [5.74, 6) is 0. The number of aromatic nitrogens is 1. The van der Waals surface area contributed by atoms with Gasteiger partial charge in [-0.25, -0.2) is 14.1 Å². The van der Waals surface area contributed by atoms with E-state index in [0.29, 0.717) is 10.6 Å². The van der Waals surface area contributed by atoms with Gasteiger partial charge < -0.3 is 0 Å². The standard InChI is InChI=1S/C6H9N3OS/c1-5-6(11(7,8)10)3-2-4-9-5/h2-4H,1H3,(H3,7,8,10). The van der Waals surface area contributed by atoms with E-state index in [0.717, 1.165) is 0 Å². The van der Waals surface area contributed by atoms with E-state index in [-0.39, 0.29) is 0 Å². The van der Waals surface area contributed by atoms with Crippen LogP contribution in [-0.2, 0) is 9.92 Å². The van der Waals surface area contributed by atoms with Gasteiger partial charge in [0.1, 0.15) is 9.92 Å². The summed E-state index contributed by atoms with van der Waals surface area (Å²) in [6.45, 7) is 1.68. The average molecular weight is 171 g/mol. The summed E-state index contributed by atoms with van der Waals surface area (Å²) in [5.41, 5.74) is 0.551. The second-order valence-corrected chi connectivity index (χ2v) is 3.83. The van der Waals surface area contributed by atoms with Crippen LogP contribution in [0, 0.1) is 11.7 Å². The maximum absolute atomic E-state index is 11.0. The fraction of sp³-hybridized carbons (Fsp3) is 0.167. The van der Waals surface area contributed by atoms with Crippen molar-refractivity contribution in [2.75, 3.05) is 0 Å². The summed E-state index contributed by atoms with van der Waals surface area (Å²) in [6, 6.07) is 3.17. The molecule has 1 aromatic heterocycles. The lowest BCUT2D eigenvalue weighted by Gasteiger charge is -2.02. The van der Waals surface area contributed by atoms with Gasteiger partial charge in [0.05, 0.1) is 10.6 Å².